The number of piperazine rings is 1. The summed E-state index contributed by atoms with van der Waals surface area (Å²) in [6, 6.07) is 5.89. The van der Waals surface area contributed by atoms with Crippen molar-refractivity contribution >= 4 is 15.9 Å². The zero-order valence-electron chi connectivity index (χ0n) is 16.5. The molecule has 2 heterocycles. The second-order valence-electron chi connectivity index (χ2n) is 7.11. The van der Waals surface area contributed by atoms with E-state index in [1.807, 2.05) is 0 Å². The van der Waals surface area contributed by atoms with Crippen LogP contribution in [0.15, 0.2) is 46.2 Å². The lowest BCUT2D eigenvalue weighted by Crippen LogP contribution is -2.51. The molecule has 8 nitrogen and oxygen atoms in total. The van der Waals surface area contributed by atoms with Crippen molar-refractivity contribution in [2.75, 3.05) is 26.2 Å². The molecule has 2 aromatic rings. The van der Waals surface area contributed by atoms with Crippen LogP contribution in [0.2, 0.25) is 0 Å². The van der Waals surface area contributed by atoms with Crippen LogP contribution in [0.3, 0.4) is 0 Å². The molecule has 1 aromatic heterocycles. The summed E-state index contributed by atoms with van der Waals surface area (Å²) in [4.78, 5) is 25.5. The molecule has 0 atom stereocenters. The number of benzene rings is 1. The summed E-state index contributed by atoms with van der Waals surface area (Å²) in [6.45, 7) is 0.980. The summed E-state index contributed by atoms with van der Waals surface area (Å²) in [5, 5.41) is 9.93. The molecular weight excluding hydrogens is 439 g/mol. The second-order valence-corrected chi connectivity index (χ2v) is 9.02. The van der Waals surface area contributed by atoms with E-state index >= 15 is 0 Å². The van der Waals surface area contributed by atoms with Crippen molar-refractivity contribution in [3.05, 3.63) is 58.0 Å². The summed E-state index contributed by atoms with van der Waals surface area (Å²) in [7, 11) is -3.99. The molecular formula is C19H20F3N3O5S. The highest BCUT2D eigenvalue weighted by atomic mass is 32.2. The molecule has 1 aromatic carbocycles. The van der Waals surface area contributed by atoms with Crippen molar-refractivity contribution in [1.29, 1.82) is 0 Å². The van der Waals surface area contributed by atoms with E-state index in [9.17, 15) is 36.3 Å². The lowest BCUT2D eigenvalue weighted by molar-refractivity contribution is -0.139. The molecule has 168 valence electrons. The summed E-state index contributed by atoms with van der Waals surface area (Å²) in [5.74, 6) is -0.982. The highest BCUT2D eigenvalue weighted by molar-refractivity contribution is 7.89. The Balaban J connectivity index is 1.70. The first-order chi connectivity index (χ1) is 14.4. The molecule has 1 amide bonds. The minimum Gasteiger partial charge on any atom is -0.507 e. The zero-order chi connectivity index (χ0) is 23.0. The molecule has 1 fully saturated rings. The summed E-state index contributed by atoms with van der Waals surface area (Å²) < 4.78 is 66.1. The van der Waals surface area contributed by atoms with E-state index in [4.69, 9.17) is 0 Å². The van der Waals surface area contributed by atoms with Gasteiger partial charge in [0.25, 0.3) is 5.56 Å². The molecule has 12 heteroatoms. The predicted octanol–water partition coefficient (Wildman–Crippen LogP) is 1.41. The minimum atomic E-state index is -4.83. The van der Waals surface area contributed by atoms with Gasteiger partial charge in [-0.1, -0.05) is 6.07 Å². The Morgan fingerprint density at radius 2 is 1.77 bits per heavy atom. The number of aryl methyl sites for hydroxylation is 1. The van der Waals surface area contributed by atoms with Crippen molar-refractivity contribution < 1.29 is 31.5 Å². The maximum Gasteiger partial charge on any atom is 0.421 e. The first-order valence-electron chi connectivity index (χ1n) is 9.25. The molecule has 1 aliphatic heterocycles. The number of halogens is 3. The minimum absolute atomic E-state index is 0.00163. The smallest absolute Gasteiger partial charge is 0.421 e. The molecule has 31 heavy (non-hydrogen) atoms. The quantitative estimate of drug-likeness (QED) is 0.746. The van der Waals surface area contributed by atoms with Gasteiger partial charge in [-0.25, -0.2) is 8.42 Å². The monoisotopic (exact) mass is 459 g/mol. The number of pyridine rings is 1. The number of carbonyl (C=O) groups excluding carboxylic acids is 1. The number of hydrogen-bond acceptors (Lipinski definition) is 5. The van der Waals surface area contributed by atoms with Crippen LogP contribution in [-0.2, 0) is 27.5 Å². The summed E-state index contributed by atoms with van der Waals surface area (Å²) in [6.07, 6.45) is -3.73. The third kappa shape index (κ3) is 4.74. The van der Waals surface area contributed by atoms with Gasteiger partial charge in [0.1, 0.15) is 22.8 Å². The Morgan fingerprint density at radius 1 is 1.13 bits per heavy atom. The Labute approximate surface area is 176 Å². The third-order valence-corrected chi connectivity index (χ3v) is 6.88. The first-order valence-corrected chi connectivity index (χ1v) is 10.7. The van der Waals surface area contributed by atoms with Crippen molar-refractivity contribution in [2.45, 2.75) is 24.5 Å². The molecule has 0 aliphatic carbocycles. The molecule has 1 aliphatic rings. The Bertz CT molecular complexity index is 1150. The predicted molar refractivity (Wildman–Crippen MR) is 104 cm³/mol. The average molecular weight is 459 g/mol. The number of rotatable bonds is 4. The molecule has 0 saturated carbocycles. The van der Waals surface area contributed by atoms with Gasteiger partial charge >= 0.3 is 6.18 Å². The van der Waals surface area contributed by atoms with E-state index in [2.05, 4.69) is 0 Å². The fourth-order valence-corrected chi connectivity index (χ4v) is 4.86. The number of carbonyl (C=O) groups is 1. The molecule has 0 bridgehead atoms. The third-order valence-electron chi connectivity index (χ3n) is 4.96. The second kappa shape index (κ2) is 8.35. The van der Waals surface area contributed by atoms with Gasteiger partial charge in [-0.15, -0.1) is 0 Å². The normalized spacial score (nSPS) is 15.8. The Morgan fingerprint density at radius 3 is 2.39 bits per heavy atom. The number of sulfonamides is 1. The van der Waals surface area contributed by atoms with Crippen molar-refractivity contribution in [3.8, 4) is 5.75 Å². The van der Waals surface area contributed by atoms with Crippen LogP contribution in [0.4, 0.5) is 13.2 Å². The van der Waals surface area contributed by atoms with Crippen LogP contribution < -0.4 is 5.56 Å². The Hall–Kier alpha value is -2.86. The van der Waals surface area contributed by atoms with Gasteiger partial charge in [-0.05, 0) is 36.8 Å². The maximum atomic E-state index is 12.9. The highest BCUT2D eigenvalue weighted by Crippen LogP contribution is 2.28. The number of amides is 1. The van der Waals surface area contributed by atoms with Crippen LogP contribution in [0.25, 0.3) is 0 Å². The van der Waals surface area contributed by atoms with Gasteiger partial charge in [0.2, 0.25) is 15.9 Å². The van der Waals surface area contributed by atoms with Crippen LogP contribution >= 0.6 is 0 Å². The van der Waals surface area contributed by atoms with Crippen LogP contribution in [-0.4, -0.2) is 59.4 Å². The van der Waals surface area contributed by atoms with Crippen LogP contribution in [0.1, 0.15) is 11.1 Å². The topological polar surface area (TPSA) is 99.9 Å². The number of alkyl halides is 3. The summed E-state index contributed by atoms with van der Waals surface area (Å²) >= 11 is 0. The highest BCUT2D eigenvalue weighted by Gasteiger charge is 2.35. The SMILES string of the molecule is Cc1ccc(O)c(S(=O)(=O)N2CCN(C(=O)Cn3cccc(C(F)(F)F)c3=O)CC2)c1. The number of phenolic OH excluding ortho intramolecular Hbond substituents is 1. The van der Waals surface area contributed by atoms with Crippen molar-refractivity contribution in [3.63, 3.8) is 0 Å². The largest absolute Gasteiger partial charge is 0.507 e. The van der Waals surface area contributed by atoms with E-state index in [0.717, 1.165) is 16.6 Å². The van der Waals surface area contributed by atoms with Crippen molar-refractivity contribution in [2.24, 2.45) is 0 Å². The molecule has 1 N–H and O–H groups in total. The number of hydrogen-bond donors (Lipinski definition) is 1. The molecule has 3 rings (SSSR count). The molecule has 1 saturated heterocycles. The van der Waals surface area contributed by atoms with Crippen LogP contribution in [0, 0.1) is 6.92 Å². The number of phenols is 1. The van der Waals surface area contributed by atoms with Crippen molar-refractivity contribution in [1.82, 2.24) is 13.8 Å². The van der Waals surface area contributed by atoms with E-state index < -0.39 is 39.8 Å². The van der Waals surface area contributed by atoms with E-state index in [1.54, 1.807) is 13.0 Å². The van der Waals surface area contributed by atoms with Gasteiger partial charge in [-0.2, -0.15) is 17.5 Å². The number of aromatic hydroxyl groups is 1. The van der Waals surface area contributed by atoms with E-state index in [0.29, 0.717) is 16.2 Å². The van der Waals surface area contributed by atoms with E-state index in [-0.39, 0.29) is 36.8 Å². The summed E-state index contributed by atoms with van der Waals surface area (Å²) in [5.41, 5.74) is -2.03. The van der Waals surface area contributed by atoms with Gasteiger partial charge in [0.15, 0.2) is 0 Å². The van der Waals surface area contributed by atoms with Gasteiger partial charge in [0.05, 0.1) is 0 Å². The van der Waals surface area contributed by atoms with E-state index in [1.165, 1.54) is 17.0 Å². The molecule has 0 radical (unpaired) electrons. The molecule has 0 spiro atoms. The zero-order valence-corrected chi connectivity index (χ0v) is 17.3. The number of aromatic nitrogens is 1. The lowest BCUT2D eigenvalue weighted by Gasteiger charge is -2.34. The average Bonchev–Trinajstić information content (AvgIpc) is 2.70. The van der Waals surface area contributed by atoms with Gasteiger partial charge in [-0.3, -0.25) is 9.59 Å². The molecule has 0 unspecified atom stereocenters. The lowest BCUT2D eigenvalue weighted by atomic mass is 10.2. The fourth-order valence-electron chi connectivity index (χ4n) is 3.27. The maximum absolute atomic E-state index is 12.9. The fraction of sp³-hybridized carbons (Fsp3) is 0.368. The van der Waals surface area contributed by atoms with Gasteiger partial charge in [0, 0.05) is 32.4 Å². The van der Waals surface area contributed by atoms with Crippen LogP contribution in [0.5, 0.6) is 5.75 Å². The Kier molecular flexibility index (Phi) is 6.14. The first kappa shape index (κ1) is 22.8. The standard InChI is InChI=1S/C19H20F3N3O5S/c1-13-4-5-15(26)16(11-13)31(29,30)25-9-7-23(8-10-25)17(27)12-24-6-2-3-14(18(24)28)19(20,21)22/h2-6,11,26H,7-10,12H2,1H3. The van der Waals surface area contributed by atoms with Gasteiger partial charge < -0.3 is 14.6 Å². The number of nitrogens with zero attached hydrogens (tertiary/aromatic N) is 3.